The predicted molar refractivity (Wildman–Crippen MR) is 176 cm³/mol. The number of rotatable bonds is 8. The number of hydrogen-bond donors (Lipinski definition) is 2. The molecule has 258 valence electrons. The highest BCUT2D eigenvalue weighted by atomic mass is 16.6. The van der Waals surface area contributed by atoms with E-state index in [2.05, 4.69) is 19.2 Å². The van der Waals surface area contributed by atoms with E-state index in [1.165, 1.54) is 19.3 Å². The lowest BCUT2D eigenvalue weighted by Crippen LogP contribution is -2.63. The number of hydrogen-bond acceptors (Lipinski definition) is 6. The number of likely N-dealkylation sites (tertiary alicyclic amines) is 1. The van der Waals surface area contributed by atoms with Crippen LogP contribution in [0.1, 0.15) is 133 Å². The monoisotopic (exact) mass is 632 g/mol. The second kappa shape index (κ2) is 13.4. The first-order valence-electron chi connectivity index (χ1n) is 17.9. The molecule has 0 aromatic heterocycles. The number of aliphatic hydroxyl groups is 1. The number of ether oxygens (including phenoxy) is 2. The molecule has 4 fully saturated rings. The van der Waals surface area contributed by atoms with Crippen LogP contribution in [0.4, 0.5) is 4.79 Å². The Bertz CT molecular complexity index is 1080. The van der Waals surface area contributed by atoms with Crippen LogP contribution in [0.25, 0.3) is 0 Å². The second-order valence-corrected chi connectivity index (χ2v) is 17.8. The van der Waals surface area contributed by atoms with Gasteiger partial charge in [0.05, 0.1) is 6.10 Å². The van der Waals surface area contributed by atoms with Gasteiger partial charge in [-0.2, -0.15) is 0 Å². The molecule has 0 radical (unpaired) electrons. The fourth-order valence-electron chi connectivity index (χ4n) is 9.91. The van der Waals surface area contributed by atoms with Crippen molar-refractivity contribution in [3.05, 3.63) is 0 Å². The summed E-state index contributed by atoms with van der Waals surface area (Å²) in [6, 6.07) is -0.639. The first-order chi connectivity index (χ1) is 20.7. The highest BCUT2D eigenvalue weighted by molar-refractivity contribution is 5.86. The zero-order valence-corrected chi connectivity index (χ0v) is 30.0. The van der Waals surface area contributed by atoms with Gasteiger partial charge in [0.25, 0.3) is 0 Å². The molecule has 0 bridgehead atoms. The van der Waals surface area contributed by atoms with E-state index in [4.69, 9.17) is 9.47 Å². The number of unbranched alkanes of at least 4 members (excludes halogenated alkanes) is 1. The molecule has 0 aromatic carbocycles. The van der Waals surface area contributed by atoms with Gasteiger partial charge in [-0.1, -0.05) is 34.1 Å². The number of amides is 2. The SMILES string of the molecule is CC(C)C(NC(=O)OC(C)(C)C)C(=O)N1CCC2(C)C(CC(O)C3C4CCC(CCCCC(=O)OC(C)(C)C)C4(C)CCC32)C1. The van der Waals surface area contributed by atoms with Crippen molar-refractivity contribution >= 4 is 18.0 Å². The van der Waals surface area contributed by atoms with Crippen molar-refractivity contribution in [3.63, 3.8) is 0 Å². The standard InChI is InChI=1S/C37H64N2O6/c1-23(2)31(38-33(43)45-35(6,7)8)32(42)39-20-19-37(10)25(22-39)21-28(40)30-26-16-15-24(36(26,9)18-17-27(30)37)13-11-12-14-29(41)44-34(3,4)5/h23-28,30-31,40H,11-22H2,1-10H3,(H,38,43). The van der Waals surface area contributed by atoms with Gasteiger partial charge in [0.2, 0.25) is 5.91 Å². The third kappa shape index (κ3) is 8.01. The summed E-state index contributed by atoms with van der Waals surface area (Å²) in [5.74, 6) is 1.99. The number of piperidine rings is 1. The summed E-state index contributed by atoms with van der Waals surface area (Å²) in [6.45, 7) is 21.4. The van der Waals surface area contributed by atoms with Crippen molar-refractivity contribution in [1.29, 1.82) is 0 Å². The molecule has 1 heterocycles. The number of carbonyl (C=O) groups excluding carboxylic acids is 3. The lowest BCUT2D eigenvalue weighted by atomic mass is 9.45. The van der Waals surface area contributed by atoms with Crippen LogP contribution in [-0.4, -0.2) is 64.4 Å². The molecule has 2 amide bonds. The van der Waals surface area contributed by atoms with E-state index < -0.39 is 23.3 Å². The van der Waals surface area contributed by atoms with Crippen molar-refractivity contribution < 1.29 is 29.0 Å². The molecule has 45 heavy (non-hydrogen) atoms. The summed E-state index contributed by atoms with van der Waals surface area (Å²) >= 11 is 0. The minimum atomic E-state index is -0.639. The van der Waals surface area contributed by atoms with Gasteiger partial charge in [-0.3, -0.25) is 9.59 Å². The Morgan fingerprint density at radius 2 is 1.56 bits per heavy atom. The zero-order valence-electron chi connectivity index (χ0n) is 30.0. The Kier molecular flexibility index (Phi) is 10.7. The molecule has 1 aliphatic heterocycles. The number of carbonyl (C=O) groups is 3. The minimum Gasteiger partial charge on any atom is -0.460 e. The van der Waals surface area contributed by atoms with E-state index in [1.54, 1.807) is 0 Å². The van der Waals surface area contributed by atoms with Crippen LogP contribution >= 0.6 is 0 Å². The Labute approximate surface area is 273 Å². The van der Waals surface area contributed by atoms with Crippen molar-refractivity contribution in [3.8, 4) is 0 Å². The fourth-order valence-corrected chi connectivity index (χ4v) is 9.91. The van der Waals surface area contributed by atoms with Crippen LogP contribution < -0.4 is 5.32 Å². The number of nitrogens with zero attached hydrogens (tertiary/aromatic N) is 1. The van der Waals surface area contributed by atoms with Crippen LogP contribution in [0, 0.1) is 46.3 Å². The van der Waals surface area contributed by atoms with E-state index >= 15 is 0 Å². The summed E-state index contributed by atoms with van der Waals surface area (Å²) in [4.78, 5) is 40.5. The molecule has 0 aromatic rings. The summed E-state index contributed by atoms with van der Waals surface area (Å²) in [5.41, 5.74) is -0.723. The molecular formula is C37H64N2O6. The van der Waals surface area contributed by atoms with Crippen molar-refractivity contribution in [2.75, 3.05) is 13.1 Å². The van der Waals surface area contributed by atoms with Gasteiger partial charge < -0.3 is 24.8 Å². The van der Waals surface area contributed by atoms with Gasteiger partial charge in [-0.15, -0.1) is 0 Å². The molecule has 3 aliphatic carbocycles. The summed E-state index contributed by atoms with van der Waals surface area (Å²) in [7, 11) is 0. The topological polar surface area (TPSA) is 105 Å². The van der Waals surface area contributed by atoms with Crippen molar-refractivity contribution in [2.24, 2.45) is 46.3 Å². The predicted octanol–water partition coefficient (Wildman–Crippen LogP) is 7.12. The number of nitrogens with one attached hydrogen (secondary N) is 1. The minimum absolute atomic E-state index is 0.0453. The number of esters is 1. The molecule has 9 unspecified atom stereocenters. The Balaban J connectivity index is 1.37. The van der Waals surface area contributed by atoms with Crippen LogP contribution in [0.15, 0.2) is 0 Å². The van der Waals surface area contributed by atoms with E-state index in [1.807, 2.05) is 60.3 Å². The van der Waals surface area contributed by atoms with Gasteiger partial charge in [0, 0.05) is 19.5 Å². The second-order valence-electron chi connectivity index (χ2n) is 17.8. The number of fused-ring (bicyclic) bond motifs is 5. The summed E-state index contributed by atoms with van der Waals surface area (Å²) in [5, 5.41) is 14.6. The number of alkyl carbamates (subject to hydrolysis) is 1. The van der Waals surface area contributed by atoms with E-state index in [0.29, 0.717) is 43.2 Å². The van der Waals surface area contributed by atoms with Gasteiger partial charge in [0.15, 0.2) is 0 Å². The van der Waals surface area contributed by atoms with E-state index in [9.17, 15) is 19.5 Å². The van der Waals surface area contributed by atoms with Gasteiger partial charge in [-0.25, -0.2) is 4.79 Å². The lowest BCUT2D eigenvalue weighted by Gasteiger charge is -2.62. The smallest absolute Gasteiger partial charge is 0.408 e. The van der Waals surface area contributed by atoms with E-state index in [-0.39, 0.29) is 40.6 Å². The average molecular weight is 633 g/mol. The average Bonchev–Trinajstić information content (AvgIpc) is 3.23. The van der Waals surface area contributed by atoms with Gasteiger partial charge >= 0.3 is 12.1 Å². The highest BCUT2D eigenvalue weighted by Gasteiger charge is 2.62. The van der Waals surface area contributed by atoms with E-state index in [0.717, 1.165) is 38.5 Å². The molecule has 4 rings (SSSR count). The largest absolute Gasteiger partial charge is 0.460 e. The third-order valence-electron chi connectivity index (χ3n) is 12.2. The van der Waals surface area contributed by atoms with Crippen molar-refractivity contribution in [2.45, 2.75) is 157 Å². The molecule has 2 N–H and O–H groups in total. The molecule has 4 aliphatic rings. The maximum Gasteiger partial charge on any atom is 0.408 e. The quantitative estimate of drug-likeness (QED) is 0.218. The Hall–Kier alpha value is -1.83. The summed E-state index contributed by atoms with van der Waals surface area (Å²) in [6.07, 6.45) is 9.06. The Morgan fingerprint density at radius 3 is 2.18 bits per heavy atom. The summed E-state index contributed by atoms with van der Waals surface area (Å²) < 4.78 is 11.0. The Morgan fingerprint density at radius 1 is 0.911 bits per heavy atom. The molecule has 1 saturated heterocycles. The highest BCUT2D eigenvalue weighted by Crippen LogP contribution is 2.67. The fraction of sp³-hybridized carbons (Fsp3) is 0.919. The normalized spacial score (nSPS) is 35.6. The number of aliphatic hydroxyl groups excluding tert-OH is 1. The van der Waals surface area contributed by atoms with Gasteiger partial charge in [0.1, 0.15) is 17.2 Å². The molecule has 0 spiro atoms. The zero-order chi connectivity index (χ0) is 33.5. The van der Waals surface area contributed by atoms with Crippen LogP contribution in [0.2, 0.25) is 0 Å². The van der Waals surface area contributed by atoms with Crippen LogP contribution in [-0.2, 0) is 19.1 Å². The molecule has 8 heteroatoms. The lowest BCUT2D eigenvalue weighted by molar-refractivity contribution is -0.175. The van der Waals surface area contributed by atoms with Crippen LogP contribution in [0.5, 0.6) is 0 Å². The molecule has 8 nitrogen and oxygen atoms in total. The van der Waals surface area contributed by atoms with Gasteiger partial charge in [-0.05, 0) is 139 Å². The molecule has 9 atom stereocenters. The first kappa shape index (κ1) is 36.0. The third-order valence-corrected chi connectivity index (χ3v) is 12.2. The van der Waals surface area contributed by atoms with Crippen LogP contribution in [0.3, 0.4) is 0 Å². The first-order valence-corrected chi connectivity index (χ1v) is 17.9. The molecular weight excluding hydrogens is 568 g/mol. The maximum atomic E-state index is 13.8. The molecule has 3 saturated carbocycles. The maximum absolute atomic E-state index is 13.8. The van der Waals surface area contributed by atoms with Crippen molar-refractivity contribution in [1.82, 2.24) is 10.2 Å².